The predicted octanol–water partition coefficient (Wildman–Crippen LogP) is 3.87. The molecule has 0 saturated heterocycles. The van der Waals surface area contributed by atoms with Gasteiger partial charge in [-0.2, -0.15) is 10.2 Å². The Morgan fingerprint density at radius 3 is 2.58 bits per heavy atom. The standard InChI is InChI=1S/C18H14N4O2/c19-12-18(9-4-10-18)17-21-16(22-24-17)13-7-8-15(20-11-13)23-14-5-2-1-3-6-14/h1-3,5-8,11H,4,9-10H2. The molecule has 0 N–H and O–H groups in total. The number of hydrogen-bond donors (Lipinski definition) is 0. The minimum Gasteiger partial charge on any atom is -0.439 e. The zero-order chi connectivity index (χ0) is 16.4. The molecule has 6 nitrogen and oxygen atoms in total. The summed E-state index contributed by atoms with van der Waals surface area (Å²) in [6.07, 6.45) is 4.19. The van der Waals surface area contributed by atoms with Crippen LogP contribution < -0.4 is 4.74 Å². The van der Waals surface area contributed by atoms with Crippen LogP contribution in [-0.4, -0.2) is 15.1 Å². The van der Waals surface area contributed by atoms with Crippen molar-refractivity contribution < 1.29 is 9.26 Å². The Hall–Kier alpha value is -3.20. The number of para-hydroxylation sites is 1. The largest absolute Gasteiger partial charge is 0.439 e. The van der Waals surface area contributed by atoms with Gasteiger partial charge in [0, 0.05) is 17.8 Å². The lowest BCUT2D eigenvalue weighted by atomic mass is 9.70. The van der Waals surface area contributed by atoms with Crippen molar-refractivity contribution >= 4 is 0 Å². The van der Waals surface area contributed by atoms with Gasteiger partial charge in [-0.05, 0) is 37.5 Å². The molecule has 2 aromatic heterocycles. The van der Waals surface area contributed by atoms with Crippen molar-refractivity contribution in [3.63, 3.8) is 0 Å². The van der Waals surface area contributed by atoms with Crippen molar-refractivity contribution in [1.29, 1.82) is 5.26 Å². The number of pyridine rings is 1. The van der Waals surface area contributed by atoms with E-state index in [4.69, 9.17) is 9.26 Å². The summed E-state index contributed by atoms with van der Waals surface area (Å²) in [6, 6.07) is 15.3. The van der Waals surface area contributed by atoms with E-state index in [0.29, 0.717) is 17.6 Å². The van der Waals surface area contributed by atoms with Gasteiger partial charge in [-0.3, -0.25) is 0 Å². The van der Waals surface area contributed by atoms with E-state index >= 15 is 0 Å². The smallest absolute Gasteiger partial charge is 0.247 e. The molecule has 0 radical (unpaired) electrons. The average molecular weight is 318 g/mol. The summed E-state index contributed by atoms with van der Waals surface area (Å²) in [6.45, 7) is 0. The van der Waals surface area contributed by atoms with Gasteiger partial charge in [-0.25, -0.2) is 4.98 Å². The Labute approximate surface area is 138 Å². The van der Waals surface area contributed by atoms with Gasteiger partial charge in [0.1, 0.15) is 11.2 Å². The Balaban J connectivity index is 1.53. The monoisotopic (exact) mass is 318 g/mol. The molecule has 0 bridgehead atoms. The third-order valence-corrected chi connectivity index (χ3v) is 4.22. The van der Waals surface area contributed by atoms with Gasteiger partial charge in [0.2, 0.25) is 17.6 Å². The third-order valence-electron chi connectivity index (χ3n) is 4.22. The van der Waals surface area contributed by atoms with E-state index in [-0.39, 0.29) is 0 Å². The van der Waals surface area contributed by atoms with Crippen LogP contribution in [0.3, 0.4) is 0 Å². The Kier molecular flexibility index (Phi) is 3.47. The number of aromatic nitrogens is 3. The second-order valence-corrected chi connectivity index (χ2v) is 5.77. The molecule has 0 aliphatic heterocycles. The fourth-order valence-corrected chi connectivity index (χ4v) is 2.62. The molecule has 0 spiro atoms. The number of nitriles is 1. The van der Waals surface area contributed by atoms with Gasteiger partial charge in [-0.15, -0.1) is 0 Å². The molecule has 1 saturated carbocycles. The molecule has 1 aliphatic carbocycles. The molecule has 2 heterocycles. The molecule has 0 atom stereocenters. The minimum absolute atomic E-state index is 0.399. The second kappa shape index (κ2) is 5.78. The molecule has 0 amide bonds. The fourth-order valence-electron chi connectivity index (χ4n) is 2.62. The summed E-state index contributed by atoms with van der Waals surface area (Å²) in [7, 11) is 0. The van der Waals surface area contributed by atoms with Crippen molar-refractivity contribution in [3.05, 3.63) is 54.6 Å². The average Bonchev–Trinajstić information content (AvgIpc) is 3.06. The van der Waals surface area contributed by atoms with Crippen molar-refractivity contribution in [2.75, 3.05) is 0 Å². The number of benzene rings is 1. The lowest BCUT2D eigenvalue weighted by molar-refractivity contribution is 0.232. The van der Waals surface area contributed by atoms with Crippen molar-refractivity contribution in [3.8, 4) is 29.1 Å². The zero-order valence-corrected chi connectivity index (χ0v) is 12.8. The predicted molar refractivity (Wildman–Crippen MR) is 85.2 cm³/mol. The zero-order valence-electron chi connectivity index (χ0n) is 12.8. The first-order chi connectivity index (χ1) is 11.8. The maximum atomic E-state index is 9.34. The first-order valence-corrected chi connectivity index (χ1v) is 7.74. The van der Waals surface area contributed by atoms with Crippen LogP contribution in [0.15, 0.2) is 53.2 Å². The summed E-state index contributed by atoms with van der Waals surface area (Å²) >= 11 is 0. The van der Waals surface area contributed by atoms with Crippen molar-refractivity contribution in [1.82, 2.24) is 15.1 Å². The van der Waals surface area contributed by atoms with E-state index in [1.807, 2.05) is 36.4 Å². The second-order valence-electron chi connectivity index (χ2n) is 5.77. The first-order valence-electron chi connectivity index (χ1n) is 7.74. The van der Waals surface area contributed by atoms with Crippen LogP contribution in [0.4, 0.5) is 0 Å². The summed E-state index contributed by atoms with van der Waals surface area (Å²) in [5, 5.41) is 13.3. The molecule has 4 rings (SSSR count). The highest BCUT2D eigenvalue weighted by Gasteiger charge is 2.44. The summed E-state index contributed by atoms with van der Waals surface area (Å²) in [4.78, 5) is 8.65. The molecule has 118 valence electrons. The number of nitrogens with zero attached hydrogens (tertiary/aromatic N) is 4. The van der Waals surface area contributed by atoms with Gasteiger partial charge in [0.05, 0.1) is 6.07 Å². The van der Waals surface area contributed by atoms with Gasteiger partial charge in [0.15, 0.2) is 0 Å². The Bertz CT molecular complexity index is 877. The van der Waals surface area contributed by atoms with Gasteiger partial charge >= 0.3 is 0 Å². The van der Waals surface area contributed by atoms with Crippen molar-refractivity contribution in [2.24, 2.45) is 0 Å². The van der Waals surface area contributed by atoms with E-state index in [1.54, 1.807) is 12.3 Å². The van der Waals surface area contributed by atoms with Gasteiger partial charge in [0.25, 0.3) is 0 Å². The number of rotatable bonds is 4. The highest BCUT2D eigenvalue weighted by Crippen LogP contribution is 2.42. The minimum atomic E-state index is -0.602. The fraction of sp³-hybridized carbons (Fsp3) is 0.222. The van der Waals surface area contributed by atoms with E-state index in [9.17, 15) is 5.26 Å². The highest BCUT2D eigenvalue weighted by molar-refractivity contribution is 5.53. The normalized spacial score (nSPS) is 15.3. The SMILES string of the molecule is N#CC1(c2nc(-c3ccc(Oc4ccccc4)nc3)no2)CCC1. The van der Waals surface area contributed by atoms with E-state index < -0.39 is 5.41 Å². The summed E-state index contributed by atoms with van der Waals surface area (Å²) in [5.41, 5.74) is 0.118. The molecule has 3 aromatic rings. The molecular formula is C18H14N4O2. The molecule has 1 aliphatic rings. The third kappa shape index (κ3) is 2.50. The maximum Gasteiger partial charge on any atom is 0.247 e. The molecule has 24 heavy (non-hydrogen) atoms. The molecule has 6 heteroatoms. The number of hydrogen-bond acceptors (Lipinski definition) is 6. The maximum absolute atomic E-state index is 9.34. The molecule has 1 aromatic carbocycles. The molecular weight excluding hydrogens is 304 g/mol. The first kappa shape index (κ1) is 14.4. The van der Waals surface area contributed by atoms with E-state index in [0.717, 1.165) is 30.6 Å². The quantitative estimate of drug-likeness (QED) is 0.726. The van der Waals surface area contributed by atoms with Crippen molar-refractivity contribution in [2.45, 2.75) is 24.7 Å². The van der Waals surface area contributed by atoms with Crippen LogP contribution >= 0.6 is 0 Å². The van der Waals surface area contributed by atoms with Crippen LogP contribution in [0.25, 0.3) is 11.4 Å². The van der Waals surface area contributed by atoms with Gasteiger partial charge < -0.3 is 9.26 Å². The van der Waals surface area contributed by atoms with Crippen LogP contribution in [-0.2, 0) is 5.41 Å². The van der Waals surface area contributed by atoms with Crippen LogP contribution in [0, 0.1) is 11.3 Å². The Morgan fingerprint density at radius 1 is 1.12 bits per heavy atom. The molecule has 0 unspecified atom stereocenters. The number of ether oxygens (including phenoxy) is 1. The highest BCUT2D eigenvalue weighted by atomic mass is 16.5. The van der Waals surface area contributed by atoms with Gasteiger partial charge in [-0.1, -0.05) is 23.4 Å². The van der Waals surface area contributed by atoms with E-state index in [2.05, 4.69) is 21.2 Å². The topological polar surface area (TPSA) is 84.8 Å². The van der Waals surface area contributed by atoms with Crippen LogP contribution in [0.2, 0.25) is 0 Å². The summed E-state index contributed by atoms with van der Waals surface area (Å²) in [5.74, 6) is 2.04. The molecule has 1 fully saturated rings. The lowest BCUT2D eigenvalue weighted by Gasteiger charge is -2.30. The summed E-state index contributed by atoms with van der Waals surface area (Å²) < 4.78 is 11.0. The van der Waals surface area contributed by atoms with E-state index in [1.165, 1.54) is 0 Å². The lowest BCUT2D eigenvalue weighted by Crippen LogP contribution is -2.32. The van der Waals surface area contributed by atoms with Crippen LogP contribution in [0.1, 0.15) is 25.2 Å². The Morgan fingerprint density at radius 2 is 1.96 bits per heavy atom. The van der Waals surface area contributed by atoms with Crippen LogP contribution in [0.5, 0.6) is 11.6 Å².